The standard InChI is InChI=1S/C16H26N2O2/c1-5-13-6-8-14(9-7-13)16(19)17-10(2)15-11(3)18-20-12(15)4/h10,13-14H,5-9H2,1-4H3,(H,17,19)/t10-,13?,14?/m0/s1. The molecule has 2 rings (SSSR count). The van der Waals surface area contributed by atoms with E-state index in [1.54, 1.807) is 0 Å². The highest BCUT2D eigenvalue weighted by atomic mass is 16.5. The molecule has 0 unspecified atom stereocenters. The highest BCUT2D eigenvalue weighted by molar-refractivity contribution is 5.79. The van der Waals surface area contributed by atoms with E-state index in [0.29, 0.717) is 0 Å². The first kappa shape index (κ1) is 15.1. The van der Waals surface area contributed by atoms with Gasteiger partial charge in [0.1, 0.15) is 5.76 Å². The molecule has 0 radical (unpaired) electrons. The molecule has 112 valence electrons. The van der Waals surface area contributed by atoms with Gasteiger partial charge in [-0.3, -0.25) is 4.79 Å². The maximum absolute atomic E-state index is 12.4. The second-order valence-electron chi connectivity index (χ2n) is 6.09. The molecule has 0 spiro atoms. The van der Waals surface area contributed by atoms with Crippen LogP contribution in [0.1, 0.15) is 69.0 Å². The third kappa shape index (κ3) is 3.22. The van der Waals surface area contributed by atoms with Crippen LogP contribution in [0.15, 0.2) is 4.52 Å². The van der Waals surface area contributed by atoms with Crippen LogP contribution in [0.3, 0.4) is 0 Å². The average molecular weight is 278 g/mol. The van der Waals surface area contributed by atoms with Crippen LogP contribution in [0.25, 0.3) is 0 Å². The molecule has 1 heterocycles. The van der Waals surface area contributed by atoms with E-state index >= 15 is 0 Å². The summed E-state index contributed by atoms with van der Waals surface area (Å²) in [5, 5.41) is 7.08. The van der Waals surface area contributed by atoms with Crippen molar-refractivity contribution in [1.29, 1.82) is 0 Å². The number of hydrogen-bond acceptors (Lipinski definition) is 3. The molecule has 20 heavy (non-hydrogen) atoms. The lowest BCUT2D eigenvalue weighted by Crippen LogP contribution is -2.35. The Kier molecular flexibility index (Phi) is 4.84. The lowest BCUT2D eigenvalue weighted by Gasteiger charge is -2.28. The van der Waals surface area contributed by atoms with Crippen LogP contribution in [0.4, 0.5) is 0 Å². The van der Waals surface area contributed by atoms with E-state index in [4.69, 9.17) is 4.52 Å². The number of carbonyl (C=O) groups excluding carboxylic acids is 1. The van der Waals surface area contributed by atoms with Gasteiger partial charge < -0.3 is 9.84 Å². The number of nitrogens with one attached hydrogen (secondary N) is 1. The van der Waals surface area contributed by atoms with Crippen LogP contribution in [0.5, 0.6) is 0 Å². The molecule has 1 atom stereocenters. The largest absolute Gasteiger partial charge is 0.361 e. The third-order valence-electron chi connectivity index (χ3n) is 4.68. The van der Waals surface area contributed by atoms with E-state index < -0.39 is 0 Å². The molecule has 1 aromatic rings. The fraction of sp³-hybridized carbons (Fsp3) is 0.750. The smallest absolute Gasteiger partial charge is 0.223 e. The third-order valence-corrected chi connectivity index (χ3v) is 4.68. The molecule has 1 aliphatic rings. The van der Waals surface area contributed by atoms with E-state index in [1.165, 1.54) is 19.3 Å². The molecule has 0 saturated heterocycles. The number of carbonyl (C=O) groups is 1. The van der Waals surface area contributed by atoms with Gasteiger partial charge in [-0.1, -0.05) is 18.5 Å². The Labute approximate surface area is 121 Å². The van der Waals surface area contributed by atoms with Gasteiger partial charge in [0.2, 0.25) is 5.91 Å². The van der Waals surface area contributed by atoms with Crippen molar-refractivity contribution in [2.75, 3.05) is 0 Å². The van der Waals surface area contributed by atoms with Gasteiger partial charge in [0.25, 0.3) is 0 Å². The zero-order valence-electron chi connectivity index (χ0n) is 13.0. The molecule has 1 N–H and O–H groups in total. The zero-order valence-corrected chi connectivity index (χ0v) is 13.0. The average Bonchev–Trinajstić information content (AvgIpc) is 2.78. The summed E-state index contributed by atoms with van der Waals surface area (Å²) >= 11 is 0. The molecule has 1 fully saturated rings. The number of aromatic nitrogens is 1. The van der Waals surface area contributed by atoms with Gasteiger partial charge in [-0.05, 0) is 52.4 Å². The first-order valence-corrected chi connectivity index (χ1v) is 7.76. The fourth-order valence-electron chi connectivity index (χ4n) is 3.34. The number of rotatable bonds is 4. The summed E-state index contributed by atoms with van der Waals surface area (Å²) < 4.78 is 5.17. The maximum atomic E-state index is 12.4. The normalized spacial score (nSPS) is 24.4. The summed E-state index contributed by atoms with van der Waals surface area (Å²) in [5.74, 6) is 1.98. The number of aryl methyl sites for hydroxylation is 2. The van der Waals surface area contributed by atoms with E-state index in [0.717, 1.165) is 35.8 Å². The van der Waals surface area contributed by atoms with Crippen molar-refractivity contribution in [1.82, 2.24) is 10.5 Å². The minimum Gasteiger partial charge on any atom is -0.361 e. The Morgan fingerprint density at radius 1 is 1.35 bits per heavy atom. The van der Waals surface area contributed by atoms with E-state index in [-0.39, 0.29) is 17.9 Å². The van der Waals surface area contributed by atoms with Crippen molar-refractivity contribution in [2.45, 2.75) is 65.8 Å². The lowest BCUT2D eigenvalue weighted by atomic mass is 9.80. The van der Waals surface area contributed by atoms with Crippen LogP contribution < -0.4 is 5.32 Å². The Hall–Kier alpha value is -1.32. The second-order valence-corrected chi connectivity index (χ2v) is 6.09. The molecule has 0 aromatic carbocycles. The Balaban J connectivity index is 1.92. The van der Waals surface area contributed by atoms with Crippen molar-refractivity contribution >= 4 is 5.91 Å². The Morgan fingerprint density at radius 2 is 2.00 bits per heavy atom. The number of nitrogens with zero attached hydrogens (tertiary/aromatic N) is 1. The van der Waals surface area contributed by atoms with Crippen LogP contribution in [0.2, 0.25) is 0 Å². The fourth-order valence-corrected chi connectivity index (χ4v) is 3.34. The predicted molar refractivity (Wildman–Crippen MR) is 78.3 cm³/mol. The van der Waals surface area contributed by atoms with Crippen molar-refractivity contribution < 1.29 is 9.32 Å². The first-order valence-electron chi connectivity index (χ1n) is 7.76. The van der Waals surface area contributed by atoms with Gasteiger partial charge in [0.05, 0.1) is 11.7 Å². The molecular weight excluding hydrogens is 252 g/mol. The van der Waals surface area contributed by atoms with E-state index in [9.17, 15) is 4.79 Å². The van der Waals surface area contributed by atoms with Gasteiger partial charge in [-0.15, -0.1) is 0 Å². The van der Waals surface area contributed by atoms with Gasteiger partial charge >= 0.3 is 0 Å². The topological polar surface area (TPSA) is 55.1 Å². The molecule has 1 amide bonds. The van der Waals surface area contributed by atoms with E-state index in [2.05, 4.69) is 17.4 Å². The van der Waals surface area contributed by atoms with Crippen LogP contribution in [-0.2, 0) is 4.79 Å². The zero-order chi connectivity index (χ0) is 14.7. The van der Waals surface area contributed by atoms with E-state index in [1.807, 2.05) is 20.8 Å². The summed E-state index contributed by atoms with van der Waals surface area (Å²) in [6.45, 7) is 8.05. The minimum atomic E-state index is -0.0300. The Bertz CT molecular complexity index is 440. The summed E-state index contributed by atoms with van der Waals surface area (Å²) in [4.78, 5) is 12.4. The monoisotopic (exact) mass is 278 g/mol. The highest BCUT2D eigenvalue weighted by Crippen LogP contribution is 2.31. The molecule has 1 aliphatic carbocycles. The van der Waals surface area contributed by atoms with Crippen molar-refractivity contribution in [3.63, 3.8) is 0 Å². The summed E-state index contributed by atoms with van der Waals surface area (Å²) in [5.41, 5.74) is 1.88. The number of hydrogen-bond donors (Lipinski definition) is 1. The van der Waals surface area contributed by atoms with Gasteiger partial charge in [-0.25, -0.2) is 0 Å². The van der Waals surface area contributed by atoms with Gasteiger partial charge in [0.15, 0.2) is 0 Å². The lowest BCUT2D eigenvalue weighted by molar-refractivity contribution is -0.126. The predicted octanol–water partition coefficient (Wildman–Crippen LogP) is 3.69. The van der Waals surface area contributed by atoms with Crippen molar-refractivity contribution in [3.8, 4) is 0 Å². The maximum Gasteiger partial charge on any atom is 0.223 e. The summed E-state index contributed by atoms with van der Waals surface area (Å²) in [7, 11) is 0. The summed E-state index contributed by atoms with van der Waals surface area (Å²) in [6, 6.07) is -0.0300. The molecular formula is C16H26N2O2. The number of amides is 1. The SMILES string of the molecule is CCC1CCC(C(=O)N[C@@H](C)c2c(C)noc2C)CC1. The highest BCUT2D eigenvalue weighted by Gasteiger charge is 2.27. The van der Waals surface area contributed by atoms with Crippen molar-refractivity contribution in [2.24, 2.45) is 11.8 Å². The van der Waals surface area contributed by atoms with Gasteiger partial charge in [-0.2, -0.15) is 0 Å². The Morgan fingerprint density at radius 3 is 2.50 bits per heavy atom. The van der Waals surface area contributed by atoms with Gasteiger partial charge in [0, 0.05) is 11.5 Å². The van der Waals surface area contributed by atoms with Crippen LogP contribution in [-0.4, -0.2) is 11.1 Å². The molecule has 1 saturated carbocycles. The summed E-state index contributed by atoms with van der Waals surface area (Å²) in [6.07, 6.45) is 5.67. The molecule has 4 heteroatoms. The molecule has 4 nitrogen and oxygen atoms in total. The molecule has 1 aromatic heterocycles. The minimum absolute atomic E-state index is 0.0300. The van der Waals surface area contributed by atoms with Crippen LogP contribution >= 0.6 is 0 Å². The van der Waals surface area contributed by atoms with Crippen LogP contribution in [0, 0.1) is 25.7 Å². The first-order chi connectivity index (χ1) is 9.52. The second kappa shape index (κ2) is 6.42. The quantitative estimate of drug-likeness (QED) is 0.914. The molecule has 0 bridgehead atoms. The van der Waals surface area contributed by atoms with Crippen molar-refractivity contribution in [3.05, 3.63) is 17.0 Å². The molecule has 0 aliphatic heterocycles.